The number of benzene rings is 1. The third-order valence-corrected chi connectivity index (χ3v) is 5.76. The lowest BCUT2D eigenvalue weighted by molar-refractivity contribution is 0.0949. The van der Waals surface area contributed by atoms with Crippen molar-refractivity contribution in [3.8, 4) is 0 Å². The van der Waals surface area contributed by atoms with Crippen molar-refractivity contribution >= 4 is 5.91 Å². The molecule has 3 aromatic rings. The Morgan fingerprint density at radius 1 is 1.09 bits per heavy atom. The van der Waals surface area contributed by atoms with Gasteiger partial charge in [0, 0.05) is 37.4 Å². The van der Waals surface area contributed by atoms with Crippen molar-refractivity contribution in [1.29, 1.82) is 0 Å². The lowest BCUT2D eigenvalue weighted by atomic mass is 10.0. The van der Waals surface area contributed by atoms with Crippen LogP contribution in [0.5, 0.6) is 0 Å². The van der Waals surface area contributed by atoms with Crippen molar-refractivity contribution in [1.82, 2.24) is 20.2 Å². The van der Waals surface area contributed by atoms with E-state index in [1.807, 2.05) is 18.2 Å². The van der Waals surface area contributed by atoms with Gasteiger partial charge in [0.2, 0.25) is 5.89 Å². The van der Waals surface area contributed by atoms with Gasteiger partial charge in [0.1, 0.15) is 6.26 Å². The van der Waals surface area contributed by atoms with Crippen LogP contribution in [0, 0.1) is 0 Å². The highest BCUT2D eigenvalue weighted by Crippen LogP contribution is 2.18. The minimum absolute atomic E-state index is 0.227. The highest BCUT2D eigenvalue weighted by atomic mass is 16.3. The fraction of sp³-hybridized carbons (Fsp3) is 0.423. The van der Waals surface area contributed by atoms with Crippen LogP contribution in [0.4, 0.5) is 0 Å². The van der Waals surface area contributed by atoms with E-state index in [4.69, 9.17) is 4.42 Å². The van der Waals surface area contributed by atoms with Crippen LogP contribution in [0.25, 0.3) is 0 Å². The Morgan fingerprint density at radius 3 is 2.53 bits per heavy atom. The lowest BCUT2D eigenvalue weighted by Crippen LogP contribution is -2.32. The van der Waals surface area contributed by atoms with E-state index >= 15 is 0 Å². The number of nitrogens with zero attached hydrogens (tertiary/aromatic N) is 3. The van der Waals surface area contributed by atoms with E-state index < -0.39 is 0 Å². The van der Waals surface area contributed by atoms with E-state index in [1.165, 1.54) is 17.4 Å². The van der Waals surface area contributed by atoms with Gasteiger partial charge in [0.05, 0.1) is 6.54 Å². The summed E-state index contributed by atoms with van der Waals surface area (Å²) in [5.74, 6) is 0.852. The fourth-order valence-corrected chi connectivity index (χ4v) is 3.47. The van der Waals surface area contributed by atoms with Crippen LogP contribution < -0.4 is 5.32 Å². The number of hydrogen-bond acceptors (Lipinski definition) is 5. The van der Waals surface area contributed by atoms with Crippen LogP contribution in [0.1, 0.15) is 73.2 Å². The molecular formula is C26H34N4O2. The van der Waals surface area contributed by atoms with E-state index in [0.29, 0.717) is 43.1 Å². The Morgan fingerprint density at radius 2 is 1.88 bits per heavy atom. The molecule has 0 aliphatic heterocycles. The van der Waals surface area contributed by atoms with Gasteiger partial charge in [-0.3, -0.25) is 14.7 Å². The summed E-state index contributed by atoms with van der Waals surface area (Å²) in [5.41, 5.74) is 3.86. The first-order valence-corrected chi connectivity index (χ1v) is 11.4. The number of hydrogen-bond donors (Lipinski definition) is 1. The molecule has 1 N–H and O–H groups in total. The predicted molar refractivity (Wildman–Crippen MR) is 126 cm³/mol. The van der Waals surface area contributed by atoms with Crippen molar-refractivity contribution in [2.24, 2.45) is 0 Å². The maximum atomic E-state index is 12.4. The summed E-state index contributed by atoms with van der Waals surface area (Å²) >= 11 is 0. The number of pyridine rings is 1. The highest BCUT2D eigenvalue weighted by Gasteiger charge is 2.18. The van der Waals surface area contributed by atoms with Gasteiger partial charge in [-0.25, -0.2) is 4.98 Å². The first-order chi connectivity index (χ1) is 15.5. The van der Waals surface area contributed by atoms with E-state index in [1.54, 1.807) is 6.20 Å². The molecule has 0 saturated heterocycles. The van der Waals surface area contributed by atoms with Crippen LogP contribution in [-0.4, -0.2) is 33.4 Å². The van der Waals surface area contributed by atoms with E-state index in [9.17, 15) is 4.79 Å². The normalized spacial score (nSPS) is 12.3. The van der Waals surface area contributed by atoms with Crippen molar-refractivity contribution in [2.75, 3.05) is 6.54 Å². The Kier molecular flexibility index (Phi) is 8.56. The van der Waals surface area contributed by atoms with Crippen LogP contribution >= 0.6 is 0 Å². The van der Waals surface area contributed by atoms with Gasteiger partial charge in [-0.05, 0) is 42.5 Å². The number of carbonyl (C=O) groups excluding carboxylic acids is 1. The van der Waals surface area contributed by atoms with Gasteiger partial charge in [-0.15, -0.1) is 0 Å². The summed E-state index contributed by atoms with van der Waals surface area (Å²) in [5, 5.41) is 2.89. The van der Waals surface area contributed by atoms with Crippen LogP contribution in [0.15, 0.2) is 59.3 Å². The summed E-state index contributed by atoms with van der Waals surface area (Å²) < 4.78 is 5.64. The van der Waals surface area contributed by atoms with Crippen molar-refractivity contribution in [3.63, 3.8) is 0 Å². The van der Waals surface area contributed by atoms with Crippen molar-refractivity contribution in [2.45, 2.75) is 65.6 Å². The number of rotatable bonds is 11. The first kappa shape index (κ1) is 23.7. The molecule has 0 saturated carbocycles. The molecule has 0 bridgehead atoms. The number of nitrogens with one attached hydrogen (secondary N) is 1. The van der Waals surface area contributed by atoms with E-state index in [0.717, 1.165) is 18.7 Å². The molecule has 32 heavy (non-hydrogen) atoms. The Labute approximate surface area is 191 Å². The summed E-state index contributed by atoms with van der Waals surface area (Å²) in [7, 11) is 0. The molecule has 0 fully saturated rings. The average molecular weight is 435 g/mol. The Hall–Kier alpha value is -2.99. The van der Waals surface area contributed by atoms with Gasteiger partial charge < -0.3 is 9.73 Å². The smallest absolute Gasteiger partial charge is 0.273 e. The third-order valence-electron chi connectivity index (χ3n) is 5.76. The second-order valence-electron chi connectivity index (χ2n) is 8.51. The van der Waals surface area contributed by atoms with Gasteiger partial charge in [0.15, 0.2) is 5.69 Å². The second-order valence-corrected chi connectivity index (χ2v) is 8.51. The SMILES string of the molecule is CCC(C)N(Cc1ccc(C(C)C)cc1)Cc1nc(C(=O)NCCc2ccccn2)co1. The second kappa shape index (κ2) is 11.6. The summed E-state index contributed by atoms with van der Waals surface area (Å²) in [6.45, 7) is 10.7. The molecule has 0 spiro atoms. The quantitative estimate of drug-likeness (QED) is 0.461. The largest absolute Gasteiger partial charge is 0.447 e. The number of aromatic nitrogens is 2. The number of oxazole rings is 1. The molecule has 0 radical (unpaired) electrons. The van der Waals surface area contributed by atoms with Gasteiger partial charge in [0.25, 0.3) is 5.91 Å². The predicted octanol–water partition coefficient (Wildman–Crippen LogP) is 4.97. The lowest BCUT2D eigenvalue weighted by Gasteiger charge is -2.27. The van der Waals surface area contributed by atoms with Crippen LogP contribution in [0.2, 0.25) is 0 Å². The zero-order chi connectivity index (χ0) is 22.9. The minimum atomic E-state index is -0.227. The fourth-order valence-electron chi connectivity index (χ4n) is 3.47. The maximum Gasteiger partial charge on any atom is 0.273 e. The molecule has 1 atom stereocenters. The monoisotopic (exact) mass is 434 g/mol. The molecule has 6 heteroatoms. The molecule has 0 aliphatic carbocycles. The molecule has 1 aromatic carbocycles. The molecule has 2 heterocycles. The molecule has 1 unspecified atom stereocenters. The Balaban J connectivity index is 1.58. The minimum Gasteiger partial charge on any atom is -0.447 e. The average Bonchev–Trinajstić information content (AvgIpc) is 3.28. The number of carbonyl (C=O) groups is 1. The van der Waals surface area contributed by atoms with Crippen molar-refractivity contribution < 1.29 is 9.21 Å². The van der Waals surface area contributed by atoms with E-state index in [-0.39, 0.29) is 5.91 Å². The molecule has 0 aliphatic rings. The molecule has 1 amide bonds. The van der Waals surface area contributed by atoms with Gasteiger partial charge in [-0.2, -0.15) is 0 Å². The topological polar surface area (TPSA) is 71.3 Å². The highest BCUT2D eigenvalue weighted by molar-refractivity contribution is 5.91. The molecular weight excluding hydrogens is 400 g/mol. The Bertz CT molecular complexity index is 967. The summed E-state index contributed by atoms with van der Waals surface area (Å²) in [6.07, 6.45) is 4.89. The van der Waals surface area contributed by atoms with Crippen molar-refractivity contribution in [3.05, 3.63) is 83.3 Å². The van der Waals surface area contributed by atoms with Crippen LogP contribution in [-0.2, 0) is 19.5 Å². The zero-order valence-corrected chi connectivity index (χ0v) is 19.5. The molecule has 170 valence electrons. The third kappa shape index (κ3) is 6.76. The molecule has 2 aromatic heterocycles. The first-order valence-electron chi connectivity index (χ1n) is 11.4. The van der Waals surface area contributed by atoms with E-state index in [2.05, 4.69) is 72.1 Å². The maximum absolute atomic E-state index is 12.4. The summed E-state index contributed by atoms with van der Waals surface area (Å²) in [4.78, 5) is 23.5. The van der Waals surface area contributed by atoms with Gasteiger partial charge >= 0.3 is 0 Å². The van der Waals surface area contributed by atoms with Gasteiger partial charge in [-0.1, -0.05) is 51.1 Å². The molecule has 3 rings (SSSR count). The summed E-state index contributed by atoms with van der Waals surface area (Å²) in [6, 6.07) is 14.9. The standard InChI is InChI=1S/C26H34N4O2/c1-5-20(4)30(16-21-9-11-22(12-10-21)19(2)3)17-25-29-24(18-32-25)26(31)28-15-13-23-8-6-7-14-27-23/h6-12,14,18-20H,5,13,15-17H2,1-4H3,(H,28,31). The number of amides is 1. The van der Waals surface area contributed by atoms with Crippen LogP contribution in [0.3, 0.4) is 0 Å². The molecule has 6 nitrogen and oxygen atoms in total. The zero-order valence-electron chi connectivity index (χ0n) is 19.5.